The average Bonchev–Trinajstić information content (AvgIpc) is 1.36. The van der Waals surface area contributed by atoms with Gasteiger partial charge < -0.3 is 71.4 Å². The molecule has 0 radical (unpaired) electrons. The molecule has 94 heavy (non-hydrogen) atoms. The van der Waals surface area contributed by atoms with Crippen molar-refractivity contribution in [1.82, 2.24) is 41.3 Å². The van der Waals surface area contributed by atoms with Gasteiger partial charge >= 0.3 is 30.2 Å². The Kier molecular flexibility index (Phi) is 34.0. The quantitative estimate of drug-likeness (QED) is 0.0365. The minimum absolute atomic E-state index is 0.0821. The molecule has 0 saturated carbocycles. The summed E-state index contributed by atoms with van der Waals surface area (Å²) in [5.74, 6) is -8.11. The van der Waals surface area contributed by atoms with Crippen LogP contribution >= 0.6 is 0 Å². The second-order valence-electron chi connectivity index (χ2n) is 26.1. The van der Waals surface area contributed by atoms with Crippen LogP contribution in [0.2, 0.25) is 0 Å². The average molecular weight is 1340 g/mol. The number of hydrogen-bond donors (Lipinski definition) is 8. The molecular weight excluding hydrogens is 1230 g/mol. The Morgan fingerprint density at radius 2 is 1.30 bits per heavy atom. The highest BCUT2D eigenvalue weighted by atomic mass is 19.4. The maximum atomic E-state index is 14.8. The lowest BCUT2D eigenvalue weighted by Crippen LogP contribution is -2.60. The van der Waals surface area contributed by atoms with Crippen LogP contribution in [-0.4, -0.2) is 206 Å². The molecule has 1 aliphatic heterocycles. The molecule has 2 aromatic carbocycles. The molecule has 0 spiro atoms. The van der Waals surface area contributed by atoms with E-state index in [4.69, 9.17) is 29.8 Å². The third-order valence-electron chi connectivity index (χ3n) is 16.6. The van der Waals surface area contributed by atoms with Crippen molar-refractivity contribution in [3.8, 4) is 0 Å². The summed E-state index contributed by atoms with van der Waals surface area (Å²) in [7, 11) is 8.13. The first-order chi connectivity index (χ1) is 43.7. The lowest BCUT2D eigenvalue weighted by Gasteiger charge is -2.41. The van der Waals surface area contributed by atoms with Crippen molar-refractivity contribution in [3.05, 3.63) is 65.7 Å². The highest BCUT2D eigenvalue weighted by molar-refractivity contribution is 6.00. The zero-order valence-corrected chi connectivity index (χ0v) is 57.8. The SMILES string of the molecule is CC[C@H](C)[C@@H]([C@@H](CC(=O)N1CCC[C@H]1[C@H](OC)[C@@H](C)C(=O)N[C@@H](Cc1ccccc1)C(=O)O)OC)N(C)C(=O)[C@@H](NC(=O)[C@H](C(C)C)N(C)CCc1ccc(N(C)C(=O)[C@H](CCCNC(N)=O)NC(=O)[C@@H](NC(=O)OC(C)(C)C)C(C)C)cc1)C(C)C.O=C(O)C(F)(F)F. The maximum Gasteiger partial charge on any atom is 0.490 e. The fourth-order valence-corrected chi connectivity index (χ4v) is 11.3. The highest BCUT2D eigenvalue weighted by Gasteiger charge is 2.44. The number of alkyl halides is 3. The van der Waals surface area contributed by atoms with Crippen LogP contribution < -0.4 is 37.2 Å². The zero-order valence-electron chi connectivity index (χ0n) is 57.8. The molecule has 11 atom stereocenters. The number of primary amides is 1. The fraction of sp³-hybridized carbons (Fsp3) is 0.667. The van der Waals surface area contributed by atoms with E-state index in [1.54, 1.807) is 102 Å². The van der Waals surface area contributed by atoms with Gasteiger partial charge in [-0.2, -0.15) is 13.2 Å². The normalized spacial score (nSPS) is 16.6. The number of carbonyl (C=O) groups is 10. The van der Waals surface area contributed by atoms with Crippen molar-refractivity contribution in [2.45, 2.75) is 201 Å². The lowest BCUT2D eigenvalue weighted by molar-refractivity contribution is -0.192. The van der Waals surface area contributed by atoms with Gasteiger partial charge in [0, 0.05) is 60.1 Å². The Morgan fingerprint density at radius 3 is 1.79 bits per heavy atom. The van der Waals surface area contributed by atoms with E-state index in [0.29, 0.717) is 50.9 Å². The minimum Gasteiger partial charge on any atom is -0.480 e. The molecule has 1 saturated heterocycles. The van der Waals surface area contributed by atoms with Gasteiger partial charge in [-0.15, -0.1) is 0 Å². The van der Waals surface area contributed by atoms with Crippen LogP contribution in [0.25, 0.3) is 0 Å². The zero-order chi connectivity index (χ0) is 71.7. The molecule has 0 aliphatic carbocycles. The molecule has 0 bridgehead atoms. The first-order valence-corrected chi connectivity index (χ1v) is 31.9. The number of alkyl carbamates (subject to hydrolysis) is 1. The van der Waals surface area contributed by atoms with Crippen LogP contribution in [-0.2, 0) is 65.4 Å². The summed E-state index contributed by atoms with van der Waals surface area (Å²) in [6.45, 7) is 23.0. The van der Waals surface area contributed by atoms with Crippen molar-refractivity contribution >= 4 is 65.2 Å². The van der Waals surface area contributed by atoms with Crippen LogP contribution in [0.3, 0.4) is 0 Å². The highest BCUT2D eigenvalue weighted by Crippen LogP contribution is 2.30. The predicted octanol–water partition coefficient (Wildman–Crippen LogP) is 6.14. The van der Waals surface area contributed by atoms with Gasteiger partial charge in [0.25, 0.3) is 0 Å². The van der Waals surface area contributed by atoms with Gasteiger partial charge in [-0.1, -0.05) is 111 Å². The number of carboxylic acids is 2. The number of aliphatic carboxylic acids is 2. The molecular formula is C66H105F3N10O15. The number of halogens is 3. The monoisotopic (exact) mass is 1330 g/mol. The van der Waals surface area contributed by atoms with Gasteiger partial charge in [0.1, 0.15) is 29.8 Å². The van der Waals surface area contributed by atoms with E-state index in [1.165, 1.54) is 19.1 Å². The fourth-order valence-electron chi connectivity index (χ4n) is 11.3. The molecule has 3 rings (SSSR count). The molecule has 2 aromatic rings. The van der Waals surface area contributed by atoms with Gasteiger partial charge in [-0.05, 0) is 107 Å². The standard InChI is InChI=1S/C64H104N10O13.C2HF3O2/c1-18-41(8)54(49(85-16)37-50(75)74-34-23-27-48(74)55(86-17)42(9)56(76)68-47(61(81)82)36-44-24-20-19-21-25-44)73(15)60(80)52(39(4)5)69-58(78)53(40(6)7)71(13)35-32-43-28-30-45(31-29-43)72(14)59(79)46(26-22-33-66-62(65)83)67-57(77)51(38(2)3)70-63(84)87-64(10,11)12;3-2(4,5)1(6)7/h19-21,24-25,28-31,38-42,46-49,51-55H,18,22-23,26-27,32-37H2,1-17H3,(H,67,77)(H,68,76)(H,69,78)(H,70,84)(H,81,82)(H3,65,66,83);(H,6,7)/t41-,42+,46-,47-,48-,49+,51-,52-,53-,54-,55+;/m0./s1. The molecule has 1 aliphatic rings. The van der Waals surface area contributed by atoms with Crippen LogP contribution in [0, 0.1) is 29.6 Å². The van der Waals surface area contributed by atoms with Crippen molar-refractivity contribution in [2.75, 3.05) is 59.9 Å². The number of hydrogen-bond acceptors (Lipinski definition) is 14. The van der Waals surface area contributed by atoms with Crippen LogP contribution in [0.4, 0.5) is 28.4 Å². The van der Waals surface area contributed by atoms with Gasteiger partial charge in [-0.3, -0.25) is 33.7 Å². The number of likely N-dealkylation sites (tertiary alicyclic amines) is 1. The Balaban J connectivity index is 0.00000405. The summed E-state index contributed by atoms with van der Waals surface area (Å²) < 4.78 is 49.2. The molecule has 1 heterocycles. The number of nitrogens with two attached hydrogens (primary N) is 1. The van der Waals surface area contributed by atoms with Crippen LogP contribution in [0.15, 0.2) is 54.6 Å². The molecule has 25 nitrogen and oxygen atoms in total. The maximum absolute atomic E-state index is 14.8. The Morgan fingerprint density at radius 1 is 0.723 bits per heavy atom. The molecule has 28 heteroatoms. The molecule has 9 amide bonds. The third kappa shape index (κ3) is 26.3. The molecule has 9 N–H and O–H groups in total. The number of urea groups is 1. The number of anilines is 1. The topological polar surface area (TPSA) is 338 Å². The third-order valence-corrected chi connectivity index (χ3v) is 16.6. The Labute approximate surface area is 551 Å². The van der Waals surface area contributed by atoms with Crippen molar-refractivity contribution in [1.29, 1.82) is 0 Å². The van der Waals surface area contributed by atoms with Gasteiger partial charge in [0.15, 0.2) is 0 Å². The second-order valence-corrected chi connectivity index (χ2v) is 26.1. The largest absolute Gasteiger partial charge is 0.490 e. The lowest BCUT2D eigenvalue weighted by atomic mass is 9.89. The van der Waals surface area contributed by atoms with E-state index in [2.05, 4.69) is 26.6 Å². The number of likely N-dealkylation sites (N-methyl/N-ethyl adjacent to an activating group) is 3. The second kappa shape index (κ2) is 38.7. The molecule has 0 aromatic heterocycles. The van der Waals surface area contributed by atoms with Crippen LogP contribution in [0.1, 0.15) is 133 Å². The van der Waals surface area contributed by atoms with Gasteiger partial charge in [-0.25, -0.2) is 19.2 Å². The number of rotatable bonds is 34. The predicted molar refractivity (Wildman–Crippen MR) is 348 cm³/mol. The number of carbonyl (C=O) groups excluding carboxylic acids is 8. The number of benzene rings is 2. The van der Waals surface area contributed by atoms with E-state index in [-0.39, 0.29) is 67.2 Å². The summed E-state index contributed by atoms with van der Waals surface area (Å²) in [6.07, 6.45) is -4.48. The number of carboxylic acid groups (broad SMARTS) is 2. The van der Waals surface area contributed by atoms with Crippen molar-refractivity contribution in [2.24, 2.45) is 35.3 Å². The summed E-state index contributed by atoms with van der Waals surface area (Å²) in [4.78, 5) is 137. The summed E-state index contributed by atoms with van der Waals surface area (Å²) in [6, 6.07) is 9.82. The number of ether oxygens (including phenoxy) is 3. The van der Waals surface area contributed by atoms with E-state index >= 15 is 0 Å². The van der Waals surface area contributed by atoms with Crippen molar-refractivity contribution < 1.29 is 85.5 Å². The molecule has 0 unspecified atom stereocenters. The summed E-state index contributed by atoms with van der Waals surface area (Å²) in [5, 5.41) is 30.9. The van der Waals surface area contributed by atoms with E-state index < -0.39 is 114 Å². The molecule has 530 valence electrons. The smallest absolute Gasteiger partial charge is 0.480 e. The molecule has 1 fully saturated rings. The minimum atomic E-state index is -5.08. The van der Waals surface area contributed by atoms with Gasteiger partial charge in [0.05, 0.1) is 42.7 Å². The Bertz CT molecular complexity index is 2790. The van der Waals surface area contributed by atoms with E-state index in [0.717, 1.165) is 11.1 Å². The van der Waals surface area contributed by atoms with E-state index in [9.17, 15) is 61.4 Å². The number of nitrogens with zero attached hydrogens (tertiary/aromatic N) is 4. The first kappa shape index (κ1) is 82.5. The summed E-state index contributed by atoms with van der Waals surface area (Å²) in [5.41, 5.74) is 6.69. The number of nitrogens with one attached hydrogen (secondary N) is 5. The van der Waals surface area contributed by atoms with Crippen molar-refractivity contribution in [3.63, 3.8) is 0 Å². The van der Waals surface area contributed by atoms with E-state index in [1.807, 2.05) is 71.7 Å². The number of methoxy groups -OCH3 is 2. The first-order valence-electron chi connectivity index (χ1n) is 31.9. The van der Waals surface area contributed by atoms with Crippen LogP contribution in [0.5, 0.6) is 0 Å². The van der Waals surface area contributed by atoms with Gasteiger partial charge in [0.2, 0.25) is 35.4 Å². The summed E-state index contributed by atoms with van der Waals surface area (Å²) >= 11 is 0. The Hall–Kier alpha value is -7.59. The number of amides is 9.